The van der Waals surface area contributed by atoms with Crippen molar-refractivity contribution in [3.63, 3.8) is 0 Å². The molecule has 1 aromatic rings. The molecule has 5 heteroatoms. The summed E-state index contributed by atoms with van der Waals surface area (Å²) < 4.78 is 0. The molecule has 0 radical (unpaired) electrons. The first-order chi connectivity index (χ1) is 9.04. The highest BCUT2D eigenvalue weighted by Crippen LogP contribution is 2.11. The standard InChI is InChI=1S/C14H19N3O2/c1-10-2-5-12(6-3-10)16-13(18)9-17-8-11(15)4-7-14(17)19/h2-3,5-6,11H,4,7-9,15H2,1H3,(H,16,18). The van der Waals surface area contributed by atoms with Gasteiger partial charge in [0, 0.05) is 24.7 Å². The van der Waals surface area contributed by atoms with Gasteiger partial charge < -0.3 is 16.0 Å². The van der Waals surface area contributed by atoms with Gasteiger partial charge in [-0.3, -0.25) is 9.59 Å². The van der Waals surface area contributed by atoms with Crippen LogP contribution in [0.3, 0.4) is 0 Å². The number of rotatable bonds is 3. The Bertz CT molecular complexity index is 470. The number of nitrogens with zero attached hydrogens (tertiary/aromatic N) is 1. The molecule has 0 saturated carbocycles. The summed E-state index contributed by atoms with van der Waals surface area (Å²) in [5, 5.41) is 2.78. The van der Waals surface area contributed by atoms with Crippen molar-refractivity contribution in [1.82, 2.24) is 4.90 Å². The van der Waals surface area contributed by atoms with Gasteiger partial charge in [0.05, 0.1) is 6.54 Å². The molecule has 0 spiro atoms. The summed E-state index contributed by atoms with van der Waals surface area (Å²) in [6.07, 6.45) is 1.13. The Hall–Kier alpha value is -1.88. The molecule has 1 aliphatic heterocycles. The lowest BCUT2D eigenvalue weighted by Crippen LogP contribution is -2.48. The second kappa shape index (κ2) is 5.84. The summed E-state index contributed by atoms with van der Waals surface area (Å²) in [4.78, 5) is 25.1. The number of benzene rings is 1. The van der Waals surface area contributed by atoms with Crippen LogP contribution in [0.4, 0.5) is 5.69 Å². The highest BCUT2D eigenvalue weighted by molar-refractivity contribution is 5.94. The van der Waals surface area contributed by atoms with Crippen molar-refractivity contribution in [2.24, 2.45) is 5.73 Å². The van der Waals surface area contributed by atoms with E-state index in [-0.39, 0.29) is 24.4 Å². The first-order valence-electron chi connectivity index (χ1n) is 6.44. The Morgan fingerprint density at radius 2 is 2.11 bits per heavy atom. The number of likely N-dealkylation sites (tertiary alicyclic amines) is 1. The number of aryl methyl sites for hydroxylation is 1. The molecular weight excluding hydrogens is 242 g/mol. The Morgan fingerprint density at radius 1 is 1.42 bits per heavy atom. The van der Waals surface area contributed by atoms with Gasteiger partial charge in [0.2, 0.25) is 11.8 Å². The fourth-order valence-electron chi connectivity index (χ4n) is 2.11. The summed E-state index contributed by atoms with van der Waals surface area (Å²) in [6.45, 7) is 2.51. The molecule has 1 atom stereocenters. The van der Waals surface area contributed by atoms with Crippen LogP contribution < -0.4 is 11.1 Å². The lowest BCUT2D eigenvalue weighted by atomic mass is 10.1. The molecule has 1 aromatic carbocycles. The lowest BCUT2D eigenvalue weighted by molar-refractivity contribution is -0.137. The van der Waals surface area contributed by atoms with Crippen LogP contribution in [0, 0.1) is 6.92 Å². The normalized spacial score (nSPS) is 19.4. The highest BCUT2D eigenvalue weighted by Gasteiger charge is 2.24. The molecule has 0 bridgehead atoms. The maximum absolute atomic E-state index is 11.9. The largest absolute Gasteiger partial charge is 0.332 e. The molecule has 1 heterocycles. The zero-order valence-corrected chi connectivity index (χ0v) is 11.1. The topological polar surface area (TPSA) is 75.4 Å². The SMILES string of the molecule is Cc1ccc(NC(=O)CN2CC(N)CCC2=O)cc1. The summed E-state index contributed by atoms with van der Waals surface area (Å²) in [6, 6.07) is 7.52. The van der Waals surface area contributed by atoms with Gasteiger partial charge in [0.25, 0.3) is 0 Å². The molecular formula is C14H19N3O2. The Kier molecular flexibility index (Phi) is 4.16. The molecule has 0 aliphatic carbocycles. The van der Waals surface area contributed by atoms with Crippen LogP contribution in [0.1, 0.15) is 18.4 Å². The Balaban J connectivity index is 1.90. The number of hydrogen-bond acceptors (Lipinski definition) is 3. The minimum absolute atomic E-state index is 0.000700. The Labute approximate surface area is 112 Å². The van der Waals surface area contributed by atoms with Crippen LogP contribution >= 0.6 is 0 Å². The van der Waals surface area contributed by atoms with Gasteiger partial charge in [0.1, 0.15) is 0 Å². The van der Waals surface area contributed by atoms with E-state index in [9.17, 15) is 9.59 Å². The van der Waals surface area contributed by atoms with E-state index in [1.165, 1.54) is 4.90 Å². The van der Waals surface area contributed by atoms with Crippen molar-refractivity contribution in [3.8, 4) is 0 Å². The number of nitrogens with one attached hydrogen (secondary N) is 1. The van der Waals surface area contributed by atoms with Crippen LogP contribution in [0.25, 0.3) is 0 Å². The Morgan fingerprint density at radius 3 is 2.79 bits per heavy atom. The summed E-state index contributed by atoms with van der Waals surface area (Å²) >= 11 is 0. The van der Waals surface area contributed by atoms with E-state index in [1.807, 2.05) is 31.2 Å². The van der Waals surface area contributed by atoms with Crippen molar-refractivity contribution >= 4 is 17.5 Å². The molecule has 5 nitrogen and oxygen atoms in total. The lowest BCUT2D eigenvalue weighted by Gasteiger charge is -2.30. The van der Waals surface area contributed by atoms with E-state index in [2.05, 4.69) is 5.32 Å². The minimum Gasteiger partial charge on any atom is -0.332 e. The highest BCUT2D eigenvalue weighted by atomic mass is 16.2. The van der Waals surface area contributed by atoms with E-state index in [4.69, 9.17) is 5.73 Å². The van der Waals surface area contributed by atoms with Crippen LogP contribution in [-0.4, -0.2) is 35.8 Å². The number of hydrogen-bond donors (Lipinski definition) is 2. The van der Waals surface area contributed by atoms with E-state index in [0.29, 0.717) is 19.4 Å². The molecule has 19 heavy (non-hydrogen) atoms. The average molecular weight is 261 g/mol. The fraction of sp³-hybridized carbons (Fsp3) is 0.429. The predicted octanol–water partition coefficient (Wildman–Crippen LogP) is 0.883. The number of nitrogens with two attached hydrogens (primary N) is 1. The number of carbonyl (C=O) groups is 2. The molecule has 1 unspecified atom stereocenters. The third-order valence-corrected chi connectivity index (χ3v) is 3.21. The van der Waals surface area contributed by atoms with Gasteiger partial charge in [-0.15, -0.1) is 0 Å². The van der Waals surface area contributed by atoms with Crippen LogP contribution in [0.2, 0.25) is 0 Å². The smallest absolute Gasteiger partial charge is 0.243 e. The second-order valence-corrected chi connectivity index (χ2v) is 4.99. The monoisotopic (exact) mass is 261 g/mol. The van der Waals surface area contributed by atoms with Crippen LogP contribution in [0.15, 0.2) is 24.3 Å². The molecule has 0 aromatic heterocycles. The second-order valence-electron chi connectivity index (χ2n) is 4.99. The molecule has 1 aliphatic rings. The average Bonchev–Trinajstić information content (AvgIpc) is 2.37. The first-order valence-corrected chi connectivity index (χ1v) is 6.44. The van der Waals surface area contributed by atoms with Gasteiger partial charge in [0.15, 0.2) is 0 Å². The number of amides is 2. The fourth-order valence-corrected chi connectivity index (χ4v) is 2.11. The minimum atomic E-state index is -0.189. The van der Waals surface area contributed by atoms with Crippen molar-refractivity contribution in [1.29, 1.82) is 0 Å². The van der Waals surface area contributed by atoms with Gasteiger partial charge in [-0.05, 0) is 25.5 Å². The van der Waals surface area contributed by atoms with E-state index < -0.39 is 0 Å². The third kappa shape index (κ3) is 3.79. The first kappa shape index (κ1) is 13.5. The van der Waals surface area contributed by atoms with Gasteiger partial charge in [-0.25, -0.2) is 0 Å². The van der Waals surface area contributed by atoms with Crippen molar-refractivity contribution in [2.75, 3.05) is 18.4 Å². The maximum atomic E-state index is 11.9. The zero-order valence-electron chi connectivity index (χ0n) is 11.1. The molecule has 2 rings (SSSR count). The number of piperidine rings is 1. The predicted molar refractivity (Wildman–Crippen MR) is 73.6 cm³/mol. The summed E-state index contributed by atoms with van der Waals surface area (Å²) in [7, 11) is 0. The third-order valence-electron chi connectivity index (χ3n) is 3.21. The molecule has 2 amide bonds. The zero-order chi connectivity index (χ0) is 13.8. The number of carbonyl (C=O) groups excluding carboxylic acids is 2. The van der Waals surface area contributed by atoms with Crippen LogP contribution in [-0.2, 0) is 9.59 Å². The van der Waals surface area contributed by atoms with Gasteiger partial charge >= 0.3 is 0 Å². The summed E-state index contributed by atoms with van der Waals surface area (Å²) in [5.74, 6) is -0.188. The quantitative estimate of drug-likeness (QED) is 0.848. The molecule has 3 N–H and O–H groups in total. The van der Waals surface area contributed by atoms with E-state index in [1.54, 1.807) is 0 Å². The van der Waals surface area contributed by atoms with E-state index >= 15 is 0 Å². The van der Waals surface area contributed by atoms with Crippen molar-refractivity contribution < 1.29 is 9.59 Å². The van der Waals surface area contributed by atoms with Crippen molar-refractivity contribution in [3.05, 3.63) is 29.8 Å². The van der Waals surface area contributed by atoms with E-state index in [0.717, 1.165) is 11.3 Å². The summed E-state index contributed by atoms with van der Waals surface area (Å²) in [5.41, 5.74) is 7.68. The molecule has 1 fully saturated rings. The molecule has 1 saturated heterocycles. The maximum Gasteiger partial charge on any atom is 0.243 e. The molecule has 102 valence electrons. The van der Waals surface area contributed by atoms with Gasteiger partial charge in [-0.2, -0.15) is 0 Å². The van der Waals surface area contributed by atoms with Crippen LogP contribution in [0.5, 0.6) is 0 Å². The van der Waals surface area contributed by atoms with Gasteiger partial charge in [-0.1, -0.05) is 17.7 Å². The number of anilines is 1. The van der Waals surface area contributed by atoms with Crippen molar-refractivity contribution in [2.45, 2.75) is 25.8 Å².